The van der Waals surface area contributed by atoms with Crippen LogP contribution in [0.15, 0.2) is 46.0 Å². The molecule has 2 aromatic rings. The van der Waals surface area contributed by atoms with Gasteiger partial charge in [-0.3, -0.25) is 9.59 Å². The number of amides is 2. The van der Waals surface area contributed by atoms with Crippen molar-refractivity contribution in [1.29, 1.82) is 0 Å². The molecule has 0 unspecified atom stereocenters. The van der Waals surface area contributed by atoms with Crippen molar-refractivity contribution in [2.24, 2.45) is 0 Å². The molecule has 1 heterocycles. The monoisotopic (exact) mass is 397 g/mol. The van der Waals surface area contributed by atoms with Gasteiger partial charge in [0, 0.05) is 5.69 Å². The fourth-order valence-electron chi connectivity index (χ4n) is 1.90. The van der Waals surface area contributed by atoms with Crippen molar-refractivity contribution in [1.82, 2.24) is 10.0 Å². The number of ether oxygens (including phenoxy) is 1. The standard InChI is InChI=1S/C16H19N3O5S2/c1-2-24-13-7-5-12(6-8-13)19-15(21)10-17-14(20)11-18-26(22,23)16-4-3-9-25-16/h3-9,18H,2,10-11H2,1H3,(H,17,20)(H,19,21). The van der Waals surface area contributed by atoms with Crippen molar-refractivity contribution in [3.05, 3.63) is 41.8 Å². The zero-order valence-electron chi connectivity index (χ0n) is 14.0. The number of hydrogen-bond donors (Lipinski definition) is 3. The molecule has 0 radical (unpaired) electrons. The van der Waals surface area contributed by atoms with Gasteiger partial charge in [-0.15, -0.1) is 11.3 Å². The third-order valence-corrected chi connectivity index (χ3v) is 5.88. The number of carbonyl (C=O) groups excluding carboxylic acids is 2. The summed E-state index contributed by atoms with van der Waals surface area (Å²) in [4.78, 5) is 23.5. The summed E-state index contributed by atoms with van der Waals surface area (Å²) >= 11 is 1.05. The summed E-state index contributed by atoms with van der Waals surface area (Å²) in [6.45, 7) is 1.70. The van der Waals surface area contributed by atoms with Gasteiger partial charge in [-0.2, -0.15) is 0 Å². The molecule has 0 spiro atoms. The summed E-state index contributed by atoms with van der Waals surface area (Å²) in [6, 6.07) is 9.84. The number of anilines is 1. The molecule has 0 aliphatic rings. The van der Waals surface area contributed by atoms with Crippen LogP contribution in [0.25, 0.3) is 0 Å². The predicted molar refractivity (Wildman–Crippen MR) is 98.8 cm³/mol. The molecular formula is C16H19N3O5S2. The molecule has 26 heavy (non-hydrogen) atoms. The number of sulfonamides is 1. The molecular weight excluding hydrogens is 378 g/mol. The van der Waals surface area contributed by atoms with E-state index in [-0.39, 0.29) is 10.8 Å². The highest BCUT2D eigenvalue weighted by atomic mass is 32.2. The Morgan fingerprint density at radius 1 is 1.08 bits per heavy atom. The topological polar surface area (TPSA) is 114 Å². The van der Waals surface area contributed by atoms with Crippen LogP contribution in [-0.2, 0) is 19.6 Å². The quantitative estimate of drug-likeness (QED) is 0.588. The fraction of sp³-hybridized carbons (Fsp3) is 0.250. The van der Waals surface area contributed by atoms with Gasteiger partial charge in [-0.05, 0) is 42.6 Å². The predicted octanol–water partition coefficient (Wildman–Crippen LogP) is 1.18. The summed E-state index contributed by atoms with van der Waals surface area (Å²) in [5.41, 5.74) is 0.561. The van der Waals surface area contributed by atoms with Gasteiger partial charge in [-0.25, -0.2) is 13.1 Å². The van der Waals surface area contributed by atoms with Gasteiger partial charge in [-0.1, -0.05) is 6.07 Å². The molecule has 1 aromatic heterocycles. The molecule has 0 aliphatic carbocycles. The average molecular weight is 397 g/mol. The third-order valence-electron chi connectivity index (χ3n) is 3.08. The number of carbonyl (C=O) groups is 2. The van der Waals surface area contributed by atoms with Crippen molar-refractivity contribution in [2.75, 3.05) is 25.0 Å². The van der Waals surface area contributed by atoms with Crippen LogP contribution in [0, 0.1) is 0 Å². The molecule has 0 saturated carbocycles. The fourth-order valence-corrected chi connectivity index (χ4v) is 3.92. The number of thiophene rings is 1. The Morgan fingerprint density at radius 2 is 1.81 bits per heavy atom. The van der Waals surface area contributed by atoms with Gasteiger partial charge in [0.05, 0.1) is 19.7 Å². The second kappa shape index (κ2) is 9.32. The molecule has 8 nitrogen and oxygen atoms in total. The Balaban J connectivity index is 1.73. The van der Waals surface area contributed by atoms with Crippen molar-refractivity contribution in [2.45, 2.75) is 11.1 Å². The Bertz CT molecular complexity index is 833. The Kier molecular flexibility index (Phi) is 7.13. The van der Waals surface area contributed by atoms with Gasteiger partial charge in [0.25, 0.3) is 10.0 Å². The van der Waals surface area contributed by atoms with Crippen molar-refractivity contribution < 1.29 is 22.7 Å². The Labute approximate surface area is 155 Å². The van der Waals surface area contributed by atoms with E-state index in [2.05, 4.69) is 15.4 Å². The van der Waals surface area contributed by atoms with E-state index in [0.29, 0.717) is 18.0 Å². The molecule has 0 saturated heterocycles. The number of nitrogens with one attached hydrogen (secondary N) is 3. The molecule has 3 N–H and O–H groups in total. The minimum atomic E-state index is -3.71. The minimum Gasteiger partial charge on any atom is -0.494 e. The van der Waals surface area contributed by atoms with Crippen LogP contribution in [0.4, 0.5) is 5.69 Å². The summed E-state index contributed by atoms with van der Waals surface area (Å²) in [5, 5.41) is 6.59. The highest BCUT2D eigenvalue weighted by molar-refractivity contribution is 7.91. The van der Waals surface area contributed by atoms with E-state index in [9.17, 15) is 18.0 Å². The number of rotatable bonds is 9. The number of hydrogen-bond acceptors (Lipinski definition) is 6. The summed E-state index contributed by atoms with van der Waals surface area (Å²) < 4.78 is 31.4. The molecule has 140 valence electrons. The van der Waals surface area contributed by atoms with Crippen molar-refractivity contribution in [3.8, 4) is 5.75 Å². The third kappa shape index (κ3) is 6.14. The molecule has 0 fully saturated rings. The molecule has 1 aromatic carbocycles. The molecule has 10 heteroatoms. The largest absolute Gasteiger partial charge is 0.494 e. The van der Waals surface area contributed by atoms with E-state index in [4.69, 9.17) is 4.74 Å². The van der Waals surface area contributed by atoms with E-state index >= 15 is 0 Å². The van der Waals surface area contributed by atoms with Crippen LogP contribution < -0.4 is 20.1 Å². The van der Waals surface area contributed by atoms with Crippen LogP contribution in [0.3, 0.4) is 0 Å². The zero-order valence-corrected chi connectivity index (χ0v) is 15.7. The lowest BCUT2D eigenvalue weighted by Gasteiger charge is -2.09. The zero-order chi connectivity index (χ0) is 19.0. The van der Waals surface area contributed by atoms with E-state index in [1.54, 1.807) is 35.7 Å². The van der Waals surface area contributed by atoms with Gasteiger partial charge in [0.1, 0.15) is 9.96 Å². The van der Waals surface area contributed by atoms with E-state index in [0.717, 1.165) is 11.3 Å². The van der Waals surface area contributed by atoms with Crippen molar-refractivity contribution >= 4 is 38.9 Å². The van der Waals surface area contributed by atoms with Gasteiger partial charge in [0.15, 0.2) is 0 Å². The van der Waals surface area contributed by atoms with Gasteiger partial charge in [0.2, 0.25) is 11.8 Å². The van der Waals surface area contributed by atoms with E-state index in [1.165, 1.54) is 6.07 Å². The lowest BCUT2D eigenvalue weighted by Crippen LogP contribution is -2.40. The molecule has 0 bridgehead atoms. The smallest absolute Gasteiger partial charge is 0.250 e. The first-order valence-corrected chi connectivity index (χ1v) is 10.1. The Hall–Kier alpha value is -2.43. The maximum atomic E-state index is 11.9. The first kappa shape index (κ1) is 19.9. The van der Waals surface area contributed by atoms with Crippen LogP contribution in [0.1, 0.15) is 6.92 Å². The molecule has 2 amide bonds. The maximum absolute atomic E-state index is 11.9. The summed E-state index contributed by atoms with van der Waals surface area (Å²) in [7, 11) is -3.71. The lowest BCUT2D eigenvalue weighted by molar-refractivity contribution is -0.123. The van der Waals surface area contributed by atoms with Crippen LogP contribution in [-0.4, -0.2) is 39.9 Å². The highest BCUT2D eigenvalue weighted by Crippen LogP contribution is 2.16. The SMILES string of the molecule is CCOc1ccc(NC(=O)CNC(=O)CNS(=O)(=O)c2cccs2)cc1. The molecule has 0 aliphatic heterocycles. The first-order chi connectivity index (χ1) is 12.4. The Morgan fingerprint density at radius 3 is 2.42 bits per heavy atom. The average Bonchev–Trinajstić information content (AvgIpc) is 3.16. The first-order valence-electron chi connectivity index (χ1n) is 7.73. The van der Waals surface area contributed by atoms with Crippen LogP contribution >= 0.6 is 11.3 Å². The van der Waals surface area contributed by atoms with E-state index < -0.39 is 28.4 Å². The van der Waals surface area contributed by atoms with E-state index in [1.807, 2.05) is 6.92 Å². The van der Waals surface area contributed by atoms with Crippen molar-refractivity contribution in [3.63, 3.8) is 0 Å². The lowest BCUT2D eigenvalue weighted by atomic mass is 10.3. The maximum Gasteiger partial charge on any atom is 0.250 e. The molecule has 2 rings (SSSR count). The molecule has 0 atom stereocenters. The second-order valence-electron chi connectivity index (χ2n) is 5.04. The highest BCUT2D eigenvalue weighted by Gasteiger charge is 2.16. The van der Waals surface area contributed by atoms with Crippen LogP contribution in [0.2, 0.25) is 0 Å². The number of benzene rings is 1. The van der Waals surface area contributed by atoms with Crippen LogP contribution in [0.5, 0.6) is 5.75 Å². The summed E-state index contributed by atoms with van der Waals surface area (Å²) in [5.74, 6) is -0.340. The van der Waals surface area contributed by atoms with Gasteiger partial charge < -0.3 is 15.4 Å². The normalized spacial score (nSPS) is 11.0. The minimum absolute atomic E-state index is 0.124. The summed E-state index contributed by atoms with van der Waals surface area (Å²) in [6.07, 6.45) is 0. The van der Waals surface area contributed by atoms with Gasteiger partial charge >= 0.3 is 0 Å². The second-order valence-corrected chi connectivity index (χ2v) is 7.98.